The predicted octanol–water partition coefficient (Wildman–Crippen LogP) is 0.991. The van der Waals surface area contributed by atoms with Gasteiger partial charge >= 0.3 is 12.3 Å². The molecule has 1 saturated heterocycles. The van der Waals surface area contributed by atoms with Gasteiger partial charge in [-0.2, -0.15) is 0 Å². The minimum atomic E-state index is -1.25. The van der Waals surface area contributed by atoms with Crippen molar-refractivity contribution in [1.29, 1.82) is 0 Å². The lowest BCUT2D eigenvalue weighted by Crippen LogP contribution is -2.26. The lowest BCUT2D eigenvalue weighted by Gasteiger charge is -2.10. The summed E-state index contributed by atoms with van der Waals surface area (Å²) in [6.07, 6.45) is -3.14. The Hall–Kier alpha value is -1.53. The van der Waals surface area contributed by atoms with Gasteiger partial charge in [-0.15, -0.1) is 0 Å². The van der Waals surface area contributed by atoms with E-state index in [1.807, 2.05) is 0 Å². The van der Waals surface area contributed by atoms with E-state index in [2.05, 4.69) is 18.9 Å². The lowest BCUT2D eigenvalue weighted by atomic mass is 10.2. The van der Waals surface area contributed by atoms with Crippen molar-refractivity contribution in [2.75, 3.05) is 13.5 Å². The van der Waals surface area contributed by atoms with Crippen LogP contribution in [-0.4, -0.2) is 38.0 Å². The molecule has 0 saturated carbocycles. The molecule has 1 aliphatic rings. The van der Waals surface area contributed by atoms with Crippen molar-refractivity contribution in [3.05, 3.63) is 0 Å². The largest absolute Gasteiger partial charge is 0.510 e. The summed E-state index contributed by atoms with van der Waals surface area (Å²) >= 11 is 0. The van der Waals surface area contributed by atoms with Crippen LogP contribution in [-0.2, 0) is 18.9 Å². The van der Waals surface area contributed by atoms with Gasteiger partial charge in [-0.25, -0.2) is 14.0 Å². The summed E-state index contributed by atoms with van der Waals surface area (Å²) < 4.78 is 28.9. The number of rotatable bonds is 3. The second-order valence-corrected chi connectivity index (χ2v) is 2.54. The zero-order valence-corrected chi connectivity index (χ0v) is 7.40. The van der Waals surface area contributed by atoms with E-state index in [0.717, 1.165) is 0 Å². The van der Waals surface area contributed by atoms with Crippen molar-refractivity contribution in [2.24, 2.45) is 0 Å². The SMILES string of the molecule is CC1OC(=O)OC1COC(=O)OCF. The molecule has 80 valence electrons. The average molecular weight is 208 g/mol. The summed E-state index contributed by atoms with van der Waals surface area (Å²) in [7, 11) is 0. The number of hydrogen-bond donors (Lipinski definition) is 0. The molecule has 1 rings (SSSR count). The van der Waals surface area contributed by atoms with Gasteiger partial charge in [-0.3, -0.25) is 0 Å². The smallest absolute Gasteiger partial charge is 0.430 e. The summed E-state index contributed by atoms with van der Waals surface area (Å²) in [5.74, 6) is 0. The van der Waals surface area contributed by atoms with Crippen LogP contribution < -0.4 is 0 Å². The molecule has 2 atom stereocenters. The highest BCUT2D eigenvalue weighted by atomic mass is 19.1. The van der Waals surface area contributed by atoms with Crippen molar-refractivity contribution in [2.45, 2.75) is 19.1 Å². The Balaban J connectivity index is 2.24. The molecular weight excluding hydrogens is 199 g/mol. The normalized spacial score (nSPS) is 25.1. The number of hydrogen-bond acceptors (Lipinski definition) is 6. The monoisotopic (exact) mass is 208 g/mol. The zero-order chi connectivity index (χ0) is 10.6. The topological polar surface area (TPSA) is 71.1 Å². The second kappa shape index (κ2) is 4.64. The van der Waals surface area contributed by atoms with E-state index in [4.69, 9.17) is 0 Å². The minimum absolute atomic E-state index is 0.217. The van der Waals surface area contributed by atoms with E-state index in [9.17, 15) is 14.0 Å². The molecule has 6 nitrogen and oxygen atoms in total. The summed E-state index contributed by atoms with van der Waals surface area (Å²) in [5, 5.41) is 0. The second-order valence-electron chi connectivity index (χ2n) is 2.54. The van der Waals surface area contributed by atoms with Crippen LogP contribution in [0.2, 0.25) is 0 Å². The third-order valence-electron chi connectivity index (χ3n) is 1.59. The minimum Gasteiger partial charge on any atom is -0.430 e. The number of alkyl halides is 1. The maximum atomic E-state index is 11.4. The maximum absolute atomic E-state index is 11.4. The number of halogens is 1. The first kappa shape index (κ1) is 10.6. The van der Waals surface area contributed by atoms with Crippen LogP contribution >= 0.6 is 0 Å². The van der Waals surface area contributed by atoms with Crippen molar-refractivity contribution in [1.82, 2.24) is 0 Å². The molecule has 0 aromatic carbocycles. The fraction of sp³-hybridized carbons (Fsp3) is 0.714. The first-order chi connectivity index (χ1) is 6.63. The third-order valence-corrected chi connectivity index (χ3v) is 1.59. The Bertz CT molecular complexity index is 230. The summed E-state index contributed by atoms with van der Waals surface area (Å²) in [6, 6.07) is 0. The van der Waals surface area contributed by atoms with Crippen molar-refractivity contribution >= 4 is 12.3 Å². The van der Waals surface area contributed by atoms with Gasteiger partial charge in [-0.05, 0) is 6.92 Å². The first-order valence-electron chi connectivity index (χ1n) is 3.86. The van der Waals surface area contributed by atoms with Crippen LogP contribution in [0.4, 0.5) is 14.0 Å². The lowest BCUT2D eigenvalue weighted by molar-refractivity contribution is 0.000617. The van der Waals surface area contributed by atoms with Crippen LogP contribution in [0.15, 0.2) is 0 Å². The molecule has 2 unspecified atom stereocenters. The van der Waals surface area contributed by atoms with Gasteiger partial charge in [0.05, 0.1) is 0 Å². The third kappa shape index (κ3) is 2.75. The molecule has 7 heteroatoms. The number of cyclic esters (lactones) is 2. The highest BCUT2D eigenvalue weighted by Crippen LogP contribution is 2.14. The molecular formula is C7H9FO6. The predicted molar refractivity (Wildman–Crippen MR) is 39.2 cm³/mol. The van der Waals surface area contributed by atoms with Crippen LogP contribution in [0, 0.1) is 0 Å². The van der Waals surface area contributed by atoms with Crippen LogP contribution in [0.5, 0.6) is 0 Å². The standard InChI is InChI=1S/C7H9FO6/c1-4-5(14-7(10)13-4)2-11-6(9)12-3-8/h4-5H,2-3H2,1H3. The average Bonchev–Trinajstić information content (AvgIpc) is 2.42. The number of carbonyl (C=O) groups is 2. The van der Waals surface area contributed by atoms with Gasteiger partial charge in [0.1, 0.15) is 12.7 Å². The molecule has 0 aromatic heterocycles. The van der Waals surface area contributed by atoms with Gasteiger partial charge in [0, 0.05) is 0 Å². The Morgan fingerprint density at radius 2 is 2.21 bits per heavy atom. The summed E-state index contributed by atoms with van der Waals surface area (Å²) in [5.41, 5.74) is 0. The highest BCUT2D eigenvalue weighted by Gasteiger charge is 2.34. The van der Waals surface area contributed by atoms with E-state index in [0.29, 0.717) is 0 Å². The molecule has 1 heterocycles. The highest BCUT2D eigenvalue weighted by molar-refractivity contribution is 5.63. The molecule has 0 bridgehead atoms. The van der Waals surface area contributed by atoms with Crippen LogP contribution in [0.25, 0.3) is 0 Å². The van der Waals surface area contributed by atoms with Gasteiger partial charge in [0.25, 0.3) is 0 Å². The Labute approximate surface area is 78.9 Å². The van der Waals surface area contributed by atoms with Gasteiger partial charge in [-0.1, -0.05) is 0 Å². The van der Waals surface area contributed by atoms with E-state index in [1.165, 1.54) is 0 Å². The van der Waals surface area contributed by atoms with Gasteiger partial charge < -0.3 is 18.9 Å². The number of ether oxygens (including phenoxy) is 4. The molecule has 0 radical (unpaired) electrons. The summed E-state index contributed by atoms with van der Waals surface area (Å²) in [6.45, 7) is 0.112. The van der Waals surface area contributed by atoms with E-state index in [1.54, 1.807) is 6.92 Å². The fourth-order valence-corrected chi connectivity index (χ4v) is 0.881. The molecule has 0 aliphatic carbocycles. The van der Waals surface area contributed by atoms with Gasteiger partial charge in [0.15, 0.2) is 6.10 Å². The van der Waals surface area contributed by atoms with Crippen molar-refractivity contribution in [3.63, 3.8) is 0 Å². The Kier molecular flexibility index (Phi) is 3.49. The van der Waals surface area contributed by atoms with E-state index in [-0.39, 0.29) is 6.61 Å². The molecule has 0 aromatic rings. The van der Waals surface area contributed by atoms with Crippen LogP contribution in [0.1, 0.15) is 6.92 Å². The van der Waals surface area contributed by atoms with Crippen molar-refractivity contribution in [3.8, 4) is 0 Å². The fourth-order valence-electron chi connectivity index (χ4n) is 0.881. The van der Waals surface area contributed by atoms with Crippen LogP contribution in [0.3, 0.4) is 0 Å². The molecule has 14 heavy (non-hydrogen) atoms. The Morgan fingerprint density at radius 1 is 1.50 bits per heavy atom. The molecule has 0 spiro atoms. The molecule has 0 N–H and O–H groups in total. The molecule has 0 amide bonds. The first-order valence-corrected chi connectivity index (χ1v) is 3.86. The number of carbonyl (C=O) groups excluding carboxylic acids is 2. The van der Waals surface area contributed by atoms with Crippen molar-refractivity contribution < 1.29 is 32.9 Å². The molecule has 1 aliphatic heterocycles. The molecule has 1 fully saturated rings. The Morgan fingerprint density at radius 3 is 2.71 bits per heavy atom. The maximum Gasteiger partial charge on any atom is 0.510 e. The van der Waals surface area contributed by atoms with Gasteiger partial charge in [0.2, 0.25) is 6.86 Å². The zero-order valence-electron chi connectivity index (χ0n) is 7.40. The van der Waals surface area contributed by atoms with E-state index >= 15 is 0 Å². The summed E-state index contributed by atoms with van der Waals surface area (Å²) in [4.78, 5) is 21.1. The quantitative estimate of drug-likeness (QED) is 0.644. The van der Waals surface area contributed by atoms with E-state index < -0.39 is 31.4 Å².